The highest BCUT2D eigenvalue weighted by Crippen LogP contribution is 2.22. The van der Waals surface area contributed by atoms with E-state index < -0.39 is 15.8 Å². The second kappa shape index (κ2) is 5.49. The summed E-state index contributed by atoms with van der Waals surface area (Å²) in [5, 5.41) is 0. The van der Waals surface area contributed by atoms with E-state index >= 15 is 0 Å². The van der Waals surface area contributed by atoms with Gasteiger partial charge in [0.15, 0.2) is 0 Å². The molecule has 20 heavy (non-hydrogen) atoms. The van der Waals surface area contributed by atoms with Gasteiger partial charge in [0.05, 0.1) is 11.9 Å². The molecular weight excluding hydrogens is 347 g/mol. The predicted octanol–water partition coefficient (Wildman–Crippen LogP) is 3.40. The average molecular weight is 359 g/mol. The summed E-state index contributed by atoms with van der Waals surface area (Å²) in [4.78, 5) is 3.62. The molecule has 0 aliphatic heterocycles. The van der Waals surface area contributed by atoms with Crippen LogP contribution in [-0.4, -0.2) is 13.4 Å². The molecule has 0 fully saturated rings. The number of nitrogens with zero attached hydrogens (tertiary/aromatic N) is 1. The number of benzene rings is 1. The summed E-state index contributed by atoms with van der Waals surface area (Å²) in [5.74, 6) is -0.787. The lowest BCUT2D eigenvalue weighted by Gasteiger charge is -2.10. The smallest absolute Gasteiger partial charge is 0.264 e. The Morgan fingerprint density at radius 3 is 2.60 bits per heavy atom. The molecule has 1 heterocycles. The summed E-state index contributed by atoms with van der Waals surface area (Å²) in [6.45, 7) is 3.48. The summed E-state index contributed by atoms with van der Waals surface area (Å²) in [5.41, 5.74) is 1.72. The van der Waals surface area contributed by atoms with Crippen LogP contribution >= 0.6 is 15.9 Å². The van der Waals surface area contributed by atoms with Crippen molar-refractivity contribution in [3.63, 3.8) is 0 Å². The van der Waals surface area contributed by atoms with Gasteiger partial charge >= 0.3 is 0 Å². The molecule has 0 unspecified atom stereocenters. The maximum absolute atomic E-state index is 13.7. The predicted molar refractivity (Wildman–Crippen MR) is 78.6 cm³/mol. The lowest BCUT2D eigenvalue weighted by atomic mass is 10.2. The highest BCUT2D eigenvalue weighted by atomic mass is 79.9. The fourth-order valence-electron chi connectivity index (χ4n) is 1.64. The minimum absolute atomic E-state index is 0.284. The third kappa shape index (κ3) is 3.16. The molecule has 0 amide bonds. The molecule has 7 heteroatoms. The molecule has 1 N–H and O–H groups in total. The molecule has 1 aromatic heterocycles. The molecule has 0 spiro atoms. The van der Waals surface area contributed by atoms with E-state index in [-0.39, 0.29) is 10.6 Å². The molecule has 1 aromatic carbocycles. The van der Waals surface area contributed by atoms with Crippen molar-refractivity contribution in [2.24, 2.45) is 0 Å². The van der Waals surface area contributed by atoms with E-state index in [2.05, 4.69) is 25.6 Å². The molecular formula is C13H12BrFN2O2S. The zero-order valence-corrected chi connectivity index (χ0v) is 13.2. The van der Waals surface area contributed by atoms with Gasteiger partial charge in [-0.1, -0.05) is 6.07 Å². The van der Waals surface area contributed by atoms with Crippen LogP contribution in [0.5, 0.6) is 0 Å². The standard InChI is InChI=1S/C13H12BrFN2O2S/c1-8-3-4-11(15)12(5-8)20(18,19)17-10-6-9(2)13(14)16-7-10/h3-7,17H,1-2H3. The number of aromatic nitrogens is 1. The van der Waals surface area contributed by atoms with Gasteiger partial charge in [0.25, 0.3) is 10.0 Å². The first-order chi connectivity index (χ1) is 9.29. The Morgan fingerprint density at radius 1 is 1.25 bits per heavy atom. The monoisotopic (exact) mass is 358 g/mol. The second-order valence-corrected chi connectivity index (χ2v) is 6.77. The van der Waals surface area contributed by atoms with Crippen LogP contribution in [0.1, 0.15) is 11.1 Å². The van der Waals surface area contributed by atoms with Gasteiger partial charge in [-0.05, 0) is 59.1 Å². The van der Waals surface area contributed by atoms with E-state index in [1.54, 1.807) is 19.9 Å². The van der Waals surface area contributed by atoms with Crippen molar-refractivity contribution >= 4 is 31.6 Å². The van der Waals surface area contributed by atoms with Gasteiger partial charge in [0.1, 0.15) is 15.3 Å². The summed E-state index contributed by atoms with van der Waals surface area (Å²) >= 11 is 3.23. The Labute approximate surface area is 125 Å². The number of halogens is 2. The second-order valence-electron chi connectivity index (χ2n) is 4.37. The van der Waals surface area contributed by atoms with Crippen LogP contribution in [0.25, 0.3) is 0 Å². The Hall–Kier alpha value is -1.47. The van der Waals surface area contributed by atoms with Crippen LogP contribution in [0.2, 0.25) is 0 Å². The van der Waals surface area contributed by atoms with Crippen LogP contribution < -0.4 is 4.72 Å². The number of sulfonamides is 1. The number of rotatable bonds is 3. The minimum Gasteiger partial charge on any atom is -0.278 e. The molecule has 0 saturated carbocycles. The zero-order chi connectivity index (χ0) is 14.9. The average Bonchev–Trinajstić information content (AvgIpc) is 2.36. The minimum atomic E-state index is -3.98. The summed E-state index contributed by atoms with van der Waals surface area (Å²) in [6.07, 6.45) is 1.36. The summed E-state index contributed by atoms with van der Waals surface area (Å²) < 4.78 is 41.0. The number of hydrogen-bond donors (Lipinski definition) is 1. The highest BCUT2D eigenvalue weighted by Gasteiger charge is 2.19. The maximum Gasteiger partial charge on any atom is 0.264 e. The van der Waals surface area contributed by atoms with E-state index in [1.807, 2.05) is 0 Å². The van der Waals surface area contributed by atoms with Gasteiger partial charge in [0, 0.05) is 0 Å². The van der Waals surface area contributed by atoms with E-state index in [0.29, 0.717) is 10.2 Å². The first-order valence-electron chi connectivity index (χ1n) is 5.71. The van der Waals surface area contributed by atoms with E-state index in [4.69, 9.17) is 0 Å². The van der Waals surface area contributed by atoms with Crippen molar-refractivity contribution in [3.05, 3.63) is 52.0 Å². The number of aryl methyl sites for hydroxylation is 2. The van der Waals surface area contributed by atoms with Gasteiger partial charge in [-0.3, -0.25) is 4.72 Å². The van der Waals surface area contributed by atoms with Gasteiger partial charge in [-0.15, -0.1) is 0 Å². The number of hydrogen-bond acceptors (Lipinski definition) is 3. The topological polar surface area (TPSA) is 59.1 Å². The largest absolute Gasteiger partial charge is 0.278 e. The first kappa shape index (κ1) is 14.9. The van der Waals surface area contributed by atoms with Gasteiger partial charge < -0.3 is 0 Å². The van der Waals surface area contributed by atoms with Crippen molar-refractivity contribution in [1.29, 1.82) is 0 Å². The van der Waals surface area contributed by atoms with Crippen LogP contribution in [0.3, 0.4) is 0 Å². The fourth-order valence-corrected chi connectivity index (χ4v) is 3.06. The SMILES string of the molecule is Cc1ccc(F)c(S(=O)(=O)Nc2cnc(Br)c(C)c2)c1. The van der Waals surface area contributed by atoms with Crippen LogP contribution in [-0.2, 0) is 10.0 Å². The molecule has 2 rings (SSSR count). The Morgan fingerprint density at radius 2 is 1.95 bits per heavy atom. The third-order valence-corrected chi connectivity index (χ3v) is 4.87. The van der Waals surface area contributed by atoms with E-state index in [0.717, 1.165) is 11.6 Å². The third-order valence-electron chi connectivity index (χ3n) is 2.64. The molecule has 0 radical (unpaired) electrons. The van der Waals surface area contributed by atoms with Crippen LogP contribution in [0, 0.1) is 19.7 Å². The Kier molecular flexibility index (Phi) is 4.10. The van der Waals surface area contributed by atoms with Crippen molar-refractivity contribution in [1.82, 2.24) is 4.98 Å². The van der Waals surface area contributed by atoms with Crippen molar-refractivity contribution in [3.8, 4) is 0 Å². The first-order valence-corrected chi connectivity index (χ1v) is 7.98. The summed E-state index contributed by atoms with van der Waals surface area (Å²) in [7, 11) is -3.98. The normalized spacial score (nSPS) is 11.4. The fraction of sp³-hybridized carbons (Fsp3) is 0.154. The summed E-state index contributed by atoms with van der Waals surface area (Å²) in [6, 6.07) is 5.55. The van der Waals surface area contributed by atoms with E-state index in [9.17, 15) is 12.8 Å². The molecule has 0 aliphatic carbocycles. The number of nitrogens with one attached hydrogen (secondary N) is 1. The van der Waals surface area contributed by atoms with Gasteiger partial charge in [-0.25, -0.2) is 17.8 Å². The van der Waals surface area contributed by atoms with Gasteiger partial charge in [0.2, 0.25) is 0 Å². The molecule has 2 aromatic rings. The zero-order valence-electron chi connectivity index (χ0n) is 10.8. The molecule has 106 valence electrons. The lowest BCUT2D eigenvalue weighted by Crippen LogP contribution is -2.15. The number of pyridine rings is 1. The molecule has 0 bridgehead atoms. The highest BCUT2D eigenvalue weighted by molar-refractivity contribution is 9.10. The Balaban J connectivity index is 2.40. The molecule has 0 aliphatic rings. The van der Waals surface area contributed by atoms with Crippen LogP contribution in [0.15, 0.2) is 40.0 Å². The lowest BCUT2D eigenvalue weighted by molar-refractivity contribution is 0.570. The quantitative estimate of drug-likeness (QED) is 0.855. The van der Waals surface area contributed by atoms with E-state index in [1.165, 1.54) is 18.3 Å². The Bertz CT molecular complexity index is 763. The van der Waals surface area contributed by atoms with Crippen molar-refractivity contribution < 1.29 is 12.8 Å². The van der Waals surface area contributed by atoms with Gasteiger partial charge in [-0.2, -0.15) is 0 Å². The number of anilines is 1. The maximum atomic E-state index is 13.7. The van der Waals surface area contributed by atoms with Crippen LogP contribution in [0.4, 0.5) is 10.1 Å². The molecule has 0 atom stereocenters. The van der Waals surface area contributed by atoms with Crippen molar-refractivity contribution in [2.45, 2.75) is 18.7 Å². The molecule has 0 saturated heterocycles. The molecule has 4 nitrogen and oxygen atoms in total. The van der Waals surface area contributed by atoms with Crippen molar-refractivity contribution in [2.75, 3.05) is 4.72 Å².